The van der Waals surface area contributed by atoms with Crippen LogP contribution in [-0.4, -0.2) is 26.7 Å². The zero-order valence-corrected chi connectivity index (χ0v) is 12.2. The van der Waals surface area contributed by atoms with Crippen molar-refractivity contribution in [3.8, 4) is 0 Å². The van der Waals surface area contributed by atoms with Gasteiger partial charge in [0.25, 0.3) is 0 Å². The van der Waals surface area contributed by atoms with Gasteiger partial charge in [0.2, 0.25) is 5.78 Å². The largest absolute Gasteiger partial charge is 0.397 e. The molecule has 23 heavy (non-hydrogen) atoms. The zero-order valence-electron chi connectivity index (χ0n) is 12.2. The molecule has 6 nitrogen and oxygen atoms in total. The molecule has 3 heterocycles. The topological polar surface area (TPSA) is 94.5 Å². The van der Waals surface area contributed by atoms with Crippen molar-refractivity contribution >= 4 is 28.6 Å². The molecule has 0 saturated carbocycles. The number of rotatable bonds is 1. The number of carbonyl (C=O) groups excluding carboxylic acids is 3. The normalized spacial score (nSPS) is 13.1. The molecule has 2 N–H and O–H groups in total. The predicted molar refractivity (Wildman–Crippen MR) is 82.9 cm³/mol. The summed E-state index contributed by atoms with van der Waals surface area (Å²) in [5.41, 5.74) is 7.47. The van der Waals surface area contributed by atoms with Gasteiger partial charge in [-0.2, -0.15) is 0 Å². The van der Waals surface area contributed by atoms with E-state index in [1.165, 1.54) is 17.5 Å². The summed E-state index contributed by atoms with van der Waals surface area (Å²) in [6.07, 6.45) is 3.08. The number of nitrogens with zero attached hydrogens (tertiary/aromatic N) is 2. The summed E-state index contributed by atoms with van der Waals surface area (Å²) >= 11 is 0. The summed E-state index contributed by atoms with van der Waals surface area (Å²) in [6.45, 7) is 1.36. The van der Waals surface area contributed by atoms with Crippen molar-refractivity contribution in [1.29, 1.82) is 0 Å². The van der Waals surface area contributed by atoms with Gasteiger partial charge < -0.3 is 10.1 Å². The quantitative estimate of drug-likeness (QED) is 0.542. The third kappa shape index (κ3) is 1.57. The molecule has 0 aliphatic heterocycles. The lowest BCUT2D eigenvalue weighted by atomic mass is 9.88. The number of carbonyl (C=O) groups is 3. The summed E-state index contributed by atoms with van der Waals surface area (Å²) in [6, 6.07) is 6.43. The first kappa shape index (κ1) is 13.4. The monoisotopic (exact) mass is 305 g/mol. The predicted octanol–water partition coefficient (Wildman–Crippen LogP) is 1.89. The molecule has 3 aromatic rings. The van der Waals surface area contributed by atoms with Crippen LogP contribution in [0.15, 0.2) is 36.7 Å². The highest BCUT2D eigenvalue weighted by molar-refractivity contribution is 6.31. The van der Waals surface area contributed by atoms with Crippen molar-refractivity contribution in [2.45, 2.75) is 6.92 Å². The Kier molecular flexibility index (Phi) is 2.54. The Balaban J connectivity index is 2.23. The minimum absolute atomic E-state index is 0.0990. The SMILES string of the molecule is CC(=O)c1c2c(n3cccc(N)c13)C(=O)c1ncccc1C2=O. The Morgan fingerprint density at radius 3 is 2.70 bits per heavy atom. The number of ketones is 3. The molecule has 1 aliphatic rings. The minimum atomic E-state index is -0.386. The van der Waals surface area contributed by atoms with Crippen LogP contribution in [0.5, 0.6) is 0 Å². The molecule has 0 radical (unpaired) electrons. The molecule has 0 amide bonds. The maximum absolute atomic E-state index is 12.9. The molecule has 0 bridgehead atoms. The number of Topliss-reactive ketones (excluding diaryl/α,β-unsaturated/α-hetero) is 1. The molecule has 0 saturated heterocycles. The third-order valence-electron chi connectivity index (χ3n) is 4.05. The summed E-state index contributed by atoms with van der Waals surface area (Å²) in [4.78, 5) is 41.9. The van der Waals surface area contributed by atoms with Crippen molar-refractivity contribution in [3.05, 3.63) is 64.7 Å². The van der Waals surface area contributed by atoms with E-state index in [1.807, 2.05) is 0 Å². The molecular formula is C17H11N3O3. The van der Waals surface area contributed by atoms with Gasteiger partial charge in [0.1, 0.15) is 11.4 Å². The van der Waals surface area contributed by atoms with E-state index in [2.05, 4.69) is 4.98 Å². The Bertz CT molecular complexity index is 1050. The van der Waals surface area contributed by atoms with E-state index in [4.69, 9.17) is 5.73 Å². The molecule has 112 valence electrons. The van der Waals surface area contributed by atoms with Crippen molar-refractivity contribution in [1.82, 2.24) is 9.38 Å². The van der Waals surface area contributed by atoms with Gasteiger partial charge >= 0.3 is 0 Å². The number of pyridine rings is 2. The fraction of sp³-hybridized carbons (Fsp3) is 0.0588. The number of hydrogen-bond acceptors (Lipinski definition) is 5. The second-order valence-corrected chi connectivity index (χ2v) is 5.39. The van der Waals surface area contributed by atoms with E-state index in [-0.39, 0.29) is 45.4 Å². The lowest BCUT2D eigenvalue weighted by Gasteiger charge is -2.14. The zero-order chi connectivity index (χ0) is 16.3. The maximum Gasteiger partial charge on any atom is 0.229 e. The van der Waals surface area contributed by atoms with Crippen LogP contribution in [0.2, 0.25) is 0 Å². The molecule has 6 heteroatoms. The summed E-state index contributed by atoms with van der Waals surface area (Å²) in [7, 11) is 0. The van der Waals surface area contributed by atoms with Crippen LogP contribution in [-0.2, 0) is 0 Å². The molecular weight excluding hydrogens is 294 g/mol. The van der Waals surface area contributed by atoms with E-state index >= 15 is 0 Å². The van der Waals surface area contributed by atoms with Crippen LogP contribution in [0.4, 0.5) is 5.69 Å². The average molecular weight is 305 g/mol. The first-order chi connectivity index (χ1) is 11.0. The van der Waals surface area contributed by atoms with E-state index < -0.39 is 0 Å². The van der Waals surface area contributed by atoms with Crippen molar-refractivity contribution < 1.29 is 14.4 Å². The molecule has 1 aliphatic carbocycles. The van der Waals surface area contributed by atoms with E-state index in [9.17, 15) is 14.4 Å². The van der Waals surface area contributed by atoms with Crippen LogP contribution >= 0.6 is 0 Å². The second-order valence-electron chi connectivity index (χ2n) is 5.39. The standard InChI is InChI=1S/C17H11N3O3/c1-8(21)11-12-15(20-7-3-5-10(18)14(11)20)17(23)13-9(16(12)22)4-2-6-19-13/h2-7H,18H2,1H3. The highest BCUT2D eigenvalue weighted by Gasteiger charge is 2.38. The van der Waals surface area contributed by atoms with Gasteiger partial charge in [-0.05, 0) is 31.2 Å². The van der Waals surface area contributed by atoms with E-state index in [0.717, 1.165) is 0 Å². The fourth-order valence-electron chi connectivity index (χ4n) is 3.14. The third-order valence-corrected chi connectivity index (χ3v) is 4.05. The smallest absolute Gasteiger partial charge is 0.229 e. The number of hydrogen-bond donors (Lipinski definition) is 1. The maximum atomic E-state index is 12.9. The summed E-state index contributed by atoms with van der Waals surface area (Å²) in [5, 5.41) is 0. The van der Waals surface area contributed by atoms with Gasteiger partial charge in [0.15, 0.2) is 11.6 Å². The Morgan fingerprint density at radius 2 is 1.96 bits per heavy atom. The van der Waals surface area contributed by atoms with Gasteiger partial charge in [-0.15, -0.1) is 0 Å². The van der Waals surface area contributed by atoms with Gasteiger partial charge in [0, 0.05) is 12.4 Å². The first-order valence-electron chi connectivity index (χ1n) is 7.00. The van der Waals surface area contributed by atoms with Gasteiger partial charge in [-0.25, -0.2) is 0 Å². The number of nitrogens with two attached hydrogens (primary N) is 1. The Hall–Kier alpha value is -3.28. The second kappa shape index (κ2) is 4.36. The molecule has 0 unspecified atom stereocenters. The summed E-state index contributed by atoms with van der Waals surface area (Å²) < 4.78 is 1.51. The highest BCUT2D eigenvalue weighted by Crippen LogP contribution is 2.35. The van der Waals surface area contributed by atoms with Crippen molar-refractivity contribution in [2.75, 3.05) is 5.73 Å². The van der Waals surface area contributed by atoms with Crippen molar-refractivity contribution in [2.24, 2.45) is 0 Å². The number of nitrogen functional groups attached to an aromatic ring is 1. The Labute approximate surface area is 130 Å². The van der Waals surface area contributed by atoms with Gasteiger partial charge in [-0.3, -0.25) is 19.4 Å². The highest BCUT2D eigenvalue weighted by atomic mass is 16.1. The van der Waals surface area contributed by atoms with Crippen LogP contribution in [0, 0.1) is 0 Å². The first-order valence-corrected chi connectivity index (χ1v) is 7.00. The van der Waals surface area contributed by atoms with E-state index in [0.29, 0.717) is 11.2 Å². The molecule has 0 atom stereocenters. The van der Waals surface area contributed by atoms with Crippen LogP contribution in [0.25, 0.3) is 5.52 Å². The minimum Gasteiger partial charge on any atom is -0.397 e. The lowest BCUT2D eigenvalue weighted by Crippen LogP contribution is -2.23. The van der Waals surface area contributed by atoms with Gasteiger partial charge in [-0.1, -0.05) is 0 Å². The lowest BCUT2D eigenvalue weighted by molar-refractivity contribution is 0.0964. The number of anilines is 1. The number of aromatic nitrogens is 2. The Morgan fingerprint density at radius 1 is 1.17 bits per heavy atom. The molecule has 0 spiro atoms. The molecule has 4 rings (SSSR count). The molecule has 3 aromatic heterocycles. The van der Waals surface area contributed by atoms with Crippen LogP contribution < -0.4 is 5.73 Å². The fourth-order valence-corrected chi connectivity index (χ4v) is 3.14. The van der Waals surface area contributed by atoms with Gasteiger partial charge in [0.05, 0.1) is 27.9 Å². The van der Waals surface area contributed by atoms with Crippen LogP contribution in [0.3, 0.4) is 0 Å². The molecule has 0 fully saturated rings. The molecule has 0 aromatic carbocycles. The van der Waals surface area contributed by atoms with E-state index in [1.54, 1.807) is 30.5 Å². The van der Waals surface area contributed by atoms with Crippen molar-refractivity contribution in [3.63, 3.8) is 0 Å². The van der Waals surface area contributed by atoms with Crippen LogP contribution in [0.1, 0.15) is 49.4 Å². The number of fused-ring (bicyclic) bond motifs is 4. The summed E-state index contributed by atoms with van der Waals surface area (Å²) in [5.74, 6) is -1.07. The average Bonchev–Trinajstić information content (AvgIpc) is 2.90.